The van der Waals surface area contributed by atoms with Crippen LogP contribution in [0.25, 0.3) is 0 Å². The van der Waals surface area contributed by atoms with Crippen LogP contribution in [0.15, 0.2) is 0 Å². The molecule has 2 atom stereocenters. The van der Waals surface area contributed by atoms with Gasteiger partial charge in [-0.15, -0.1) is 0 Å². The van der Waals surface area contributed by atoms with Crippen LogP contribution in [0.5, 0.6) is 0 Å². The Labute approximate surface area is 126 Å². The Balaban J connectivity index is 1.83. The molecule has 20 heavy (non-hydrogen) atoms. The molecule has 0 saturated heterocycles. The molecule has 0 aliphatic heterocycles. The van der Waals surface area contributed by atoms with Gasteiger partial charge in [-0.05, 0) is 71.8 Å². The molecule has 0 radical (unpaired) electrons. The second kappa shape index (κ2) is 6.79. The topological polar surface area (TPSA) is 21.3 Å². The van der Waals surface area contributed by atoms with E-state index in [9.17, 15) is 0 Å². The van der Waals surface area contributed by atoms with Gasteiger partial charge in [-0.3, -0.25) is 0 Å². The van der Waals surface area contributed by atoms with Crippen LogP contribution < -0.4 is 5.32 Å². The van der Waals surface area contributed by atoms with E-state index in [0.717, 1.165) is 12.5 Å². The maximum Gasteiger partial charge on any atom is 0.0698 e. The molecular formula is C18H35NO. The van der Waals surface area contributed by atoms with Crippen LogP contribution in [0.1, 0.15) is 85.5 Å². The highest BCUT2D eigenvalue weighted by molar-refractivity contribution is 4.93. The highest BCUT2D eigenvalue weighted by Crippen LogP contribution is 2.43. The number of ether oxygens (including phenoxy) is 1. The Hall–Kier alpha value is -0.0800. The summed E-state index contributed by atoms with van der Waals surface area (Å²) in [7, 11) is 0. The molecule has 0 amide bonds. The number of rotatable bonds is 6. The molecule has 0 heterocycles. The normalized spacial score (nSPS) is 30.0. The molecule has 0 aromatic heterocycles. The maximum absolute atomic E-state index is 6.69. The van der Waals surface area contributed by atoms with Crippen molar-refractivity contribution in [2.75, 3.05) is 6.54 Å². The van der Waals surface area contributed by atoms with E-state index in [-0.39, 0.29) is 11.1 Å². The minimum atomic E-state index is 0.216. The van der Waals surface area contributed by atoms with Crippen molar-refractivity contribution in [3.8, 4) is 0 Å². The van der Waals surface area contributed by atoms with Crippen LogP contribution in [0.4, 0.5) is 0 Å². The first-order valence-electron chi connectivity index (χ1n) is 8.87. The fraction of sp³-hybridized carbons (Fsp3) is 1.00. The summed E-state index contributed by atoms with van der Waals surface area (Å²) in [5, 5.41) is 3.63. The van der Waals surface area contributed by atoms with Crippen molar-refractivity contribution in [2.24, 2.45) is 5.92 Å². The van der Waals surface area contributed by atoms with E-state index in [1.165, 1.54) is 57.8 Å². The minimum absolute atomic E-state index is 0.216. The second-order valence-corrected chi connectivity index (χ2v) is 8.07. The molecule has 1 N–H and O–H groups in total. The van der Waals surface area contributed by atoms with Crippen LogP contribution in [0.2, 0.25) is 0 Å². The number of hydrogen-bond acceptors (Lipinski definition) is 2. The van der Waals surface area contributed by atoms with Crippen molar-refractivity contribution >= 4 is 0 Å². The van der Waals surface area contributed by atoms with Crippen LogP contribution in [-0.2, 0) is 4.74 Å². The van der Waals surface area contributed by atoms with E-state index in [1.807, 2.05) is 0 Å². The van der Waals surface area contributed by atoms with Crippen LogP contribution in [-0.4, -0.2) is 23.8 Å². The lowest BCUT2D eigenvalue weighted by Gasteiger charge is -2.47. The van der Waals surface area contributed by atoms with Gasteiger partial charge in [0.25, 0.3) is 0 Å². The van der Waals surface area contributed by atoms with Gasteiger partial charge in [0, 0.05) is 5.54 Å². The van der Waals surface area contributed by atoms with Crippen LogP contribution >= 0.6 is 0 Å². The van der Waals surface area contributed by atoms with Gasteiger partial charge in [0.05, 0.1) is 11.7 Å². The molecule has 2 nitrogen and oxygen atoms in total. The summed E-state index contributed by atoms with van der Waals surface area (Å²) in [6.07, 6.45) is 12.4. The third kappa shape index (κ3) is 4.46. The molecule has 0 spiro atoms. The molecule has 2 rings (SSSR count). The van der Waals surface area contributed by atoms with Crippen molar-refractivity contribution in [1.82, 2.24) is 5.32 Å². The first-order chi connectivity index (χ1) is 9.44. The molecular weight excluding hydrogens is 246 g/mol. The SMILES string of the molecule is CCC1CCCCC1OC1(CCNC(C)(C)C)CCC1. The first-order valence-corrected chi connectivity index (χ1v) is 8.87. The average molecular weight is 281 g/mol. The summed E-state index contributed by atoms with van der Waals surface area (Å²) in [5.41, 5.74) is 0.440. The van der Waals surface area contributed by atoms with Crippen LogP contribution in [0.3, 0.4) is 0 Å². The second-order valence-electron chi connectivity index (χ2n) is 8.07. The largest absolute Gasteiger partial charge is 0.371 e. The van der Waals surface area contributed by atoms with Crippen molar-refractivity contribution in [3.63, 3.8) is 0 Å². The zero-order chi connectivity index (χ0) is 14.6. The highest BCUT2D eigenvalue weighted by Gasteiger charge is 2.41. The maximum atomic E-state index is 6.69. The fourth-order valence-corrected chi connectivity index (χ4v) is 3.78. The first kappa shape index (κ1) is 16.3. The van der Waals surface area contributed by atoms with E-state index in [2.05, 4.69) is 33.0 Å². The molecule has 2 unspecified atom stereocenters. The van der Waals surface area contributed by atoms with Gasteiger partial charge >= 0.3 is 0 Å². The summed E-state index contributed by atoms with van der Waals surface area (Å²) >= 11 is 0. The van der Waals surface area contributed by atoms with E-state index in [4.69, 9.17) is 4.74 Å². The zero-order valence-electron chi connectivity index (χ0n) is 14.1. The fourth-order valence-electron chi connectivity index (χ4n) is 3.78. The third-order valence-electron chi connectivity index (χ3n) is 5.27. The van der Waals surface area contributed by atoms with E-state index in [1.54, 1.807) is 0 Å². The Morgan fingerprint density at radius 3 is 2.35 bits per heavy atom. The van der Waals surface area contributed by atoms with Crippen molar-refractivity contribution in [1.29, 1.82) is 0 Å². The summed E-state index contributed by atoms with van der Waals surface area (Å²) in [6.45, 7) is 10.2. The molecule has 118 valence electrons. The lowest BCUT2D eigenvalue weighted by Crippen LogP contribution is -2.48. The molecule has 2 saturated carbocycles. The number of hydrogen-bond donors (Lipinski definition) is 1. The van der Waals surface area contributed by atoms with Gasteiger partial charge in [-0.1, -0.05) is 26.2 Å². The molecule has 0 aromatic rings. The minimum Gasteiger partial charge on any atom is -0.371 e. The van der Waals surface area contributed by atoms with E-state index in [0.29, 0.717) is 6.10 Å². The zero-order valence-corrected chi connectivity index (χ0v) is 14.1. The van der Waals surface area contributed by atoms with Crippen molar-refractivity contribution < 1.29 is 4.74 Å². The summed E-state index contributed by atoms with van der Waals surface area (Å²) in [6, 6.07) is 0. The number of nitrogens with one attached hydrogen (secondary N) is 1. The predicted molar refractivity (Wildman–Crippen MR) is 86.1 cm³/mol. The lowest BCUT2D eigenvalue weighted by molar-refractivity contribution is -0.167. The Kier molecular flexibility index (Phi) is 5.53. The van der Waals surface area contributed by atoms with Gasteiger partial charge in [0.2, 0.25) is 0 Å². The molecule has 0 bridgehead atoms. The highest BCUT2D eigenvalue weighted by atomic mass is 16.5. The molecule has 2 aliphatic rings. The molecule has 2 heteroatoms. The predicted octanol–water partition coefficient (Wildman–Crippen LogP) is 4.67. The van der Waals surface area contributed by atoms with Gasteiger partial charge in [-0.2, -0.15) is 0 Å². The van der Waals surface area contributed by atoms with Gasteiger partial charge in [-0.25, -0.2) is 0 Å². The summed E-state index contributed by atoms with van der Waals surface area (Å²) in [4.78, 5) is 0. The Morgan fingerprint density at radius 2 is 1.80 bits per heavy atom. The smallest absolute Gasteiger partial charge is 0.0698 e. The summed E-state index contributed by atoms with van der Waals surface area (Å²) < 4.78 is 6.69. The van der Waals surface area contributed by atoms with Gasteiger partial charge in [0.15, 0.2) is 0 Å². The average Bonchev–Trinajstić information content (AvgIpc) is 2.34. The summed E-state index contributed by atoms with van der Waals surface area (Å²) in [5.74, 6) is 0.816. The Bertz CT molecular complexity index is 290. The lowest BCUT2D eigenvalue weighted by atomic mass is 9.76. The molecule has 0 aromatic carbocycles. The monoisotopic (exact) mass is 281 g/mol. The molecule has 2 fully saturated rings. The van der Waals surface area contributed by atoms with Crippen molar-refractivity contribution in [3.05, 3.63) is 0 Å². The molecule has 2 aliphatic carbocycles. The van der Waals surface area contributed by atoms with E-state index < -0.39 is 0 Å². The Morgan fingerprint density at radius 1 is 1.10 bits per heavy atom. The van der Waals surface area contributed by atoms with Gasteiger partial charge < -0.3 is 10.1 Å². The van der Waals surface area contributed by atoms with E-state index >= 15 is 0 Å². The standard InChI is InChI=1S/C18H35NO/c1-5-15-9-6-7-10-16(15)20-18(11-8-12-18)13-14-19-17(2,3)4/h15-16,19H,5-14H2,1-4H3. The van der Waals surface area contributed by atoms with Crippen LogP contribution in [0, 0.1) is 5.92 Å². The quantitative estimate of drug-likeness (QED) is 0.763. The van der Waals surface area contributed by atoms with Crippen molar-refractivity contribution in [2.45, 2.75) is 103 Å². The van der Waals surface area contributed by atoms with Gasteiger partial charge in [0.1, 0.15) is 0 Å². The third-order valence-corrected chi connectivity index (χ3v) is 5.27.